The van der Waals surface area contributed by atoms with E-state index in [1.54, 1.807) is 11.9 Å². The number of pyridine rings is 1. The van der Waals surface area contributed by atoms with Crippen LogP contribution in [0.25, 0.3) is 10.9 Å². The van der Waals surface area contributed by atoms with E-state index in [1.807, 2.05) is 38.1 Å². The molecule has 1 aliphatic rings. The Morgan fingerprint density at radius 1 is 1.35 bits per heavy atom. The molecule has 1 aromatic carbocycles. The highest BCUT2D eigenvalue weighted by atomic mass is 16.2. The fraction of sp³-hybridized carbons (Fsp3) is 0.421. The molecule has 0 bridgehead atoms. The highest BCUT2D eigenvalue weighted by Crippen LogP contribution is 2.36. The number of likely N-dealkylation sites (N-methyl/N-ethyl adjacent to an activating group) is 1. The number of carbonyl (C=O) groups is 1. The summed E-state index contributed by atoms with van der Waals surface area (Å²) in [7, 11) is 1.75. The van der Waals surface area contributed by atoms with E-state index < -0.39 is 5.54 Å². The van der Waals surface area contributed by atoms with Crippen molar-refractivity contribution < 1.29 is 4.79 Å². The molecule has 1 amide bonds. The molecule has 0 atom stereocenters. The van der Waals surface area contributed by atoms with Crippen LogP contribution >= 0.6 is 0 Å². The van der Waals surface area contributed by atoms with E-state index in [2.05, 4.69) is 11.1 Å². The Morgan fingerprint density at radius 2 is 2.04 bits per heavy atom. The maximum atomic E-state index is 12.7. The molecular formula is C19H21N3O. The first-order valence-corrected chi connectivity index (χ1v) is 8.01. The van der Waals surface area contributed by atoms with Gasteiger partial charge < -0.3 is 4.90 Å². The van der Waals surface area contributed by atoms with Crippen molar-refractivity contribution in [3.63, 3.8) is 0 Å². The van der Waals surface area contributed by atoms with Gasteiger partial charge in [0.15, 0.2) is 0 Å². The lowest BCUT2D eigenvalue weighted by Crippen LogP contribution is -2.53. The van der Waals surface area contributed by atoms with Crippen molar-refractivity contribution in [2.24, 2.45) is 0 Å². The summed E-state index contributed by atoms with van der Waals surface area (Å²) >= 11 is 0. The maximum Gasteiger partial charge on any atom is 0.228 e. The van der Waals surface area contributed by atoms with Crippen LogP contribution in [-0.4, -0.2) is 28.4 Å². The second kappa shape index (κ2) is 5.66. The van der Waals surface area contributed by atoms with Crippen molar-refractivity contribution in [2.75, 3.05) is 7.05 Å². The molecule has 0 spiro atoms. The smallest absolute Gasteiger partial charge is 0.228 e. The first kappa shape index (κ1) is 15.5. The fourth-order valence-electron chi connectivity index (χ4n) is 3.37. The van der Waals surface area contributed by atoms with Crippen molar-refractivity contribution in [3.8, 4) is 6.07 Å². The number of hydrogen-bond acceptors (Lipinski definition) is 3. The van der Waals surface area contributed by atoms with Crippen molar-refractivity contribution in [1.29, 1.82) is 5.26 Å². The molecule has 0 N–H and O–H groups in total. The topological polar surface area (TPSA) is 57.0 Å². The average Bonchev–Trinajstić information content (AvgIpc) is 2.50. The van der Waals surface area contributed by atoms with Crippen LogP contribution in [0.5, 0.6) is 0 Å². The number of carbonyl (C=O) groups excluding carboxylic acids is 1. The van der Waals surface area contributed by atoms with Crippen LogP contribution in [-0.2, 0) is 11.2 Å². The molecule has 118 valence electrons. The zero-order valence-electron chi connectivity index (χ0n) is 13.9. The Bertz CT molecular complexity index is 815. The van der Waals surface area contributed by atoms with E-state index in [0.717, 1.165) is 47.0 Å². The van der Waals surface area contributed by atoms with Gasteiger partial charge in [0, 0.05) is 18.1 Å². The molecule has 0 radical (unpaired) electrons. The molecule has 1 aliphatic carbocycles. The summed E-state index contributed by atoms with van der Waals surface area (Å²) in [6, 6.07) is 10.3. The number of benzene rings is 1. The van der Waals surface area contributed by atoms with Gasteiger partial charge in [-0.15, -0.1) is 0 Å². The molecule has 1 aromatic heterocycles. The largest absolute Gasteiger partial charge is 0.327 e. The lowest BCUT2D eigenvalue weighted by Gasteiger charge is -2.43. The van der Waals surface area contributed by atoms with Gasteiger partial charge in [-0.25, -0.2) is 0 Å². The Morgan fingerprint density at radius 3 is 2.65 bits per heavy atom. The molecule has 0 aliphatic heterocycles. The highest BCUT2D eigenvalue weighted by molar-refractivity contribution is 5.86. The second-order valence-electron chi connectivity index (χ2n) is 6.44. The molecule has 23 heavy (non-hydrogen) atoms. The number of aromatic nitrogens is 1. The molecule has 1 fully saturated rings. The Hall–Kier alpha value is -2.41. The predicted molar refractivity (Wildman–Crippen MR) is 89.9 cm³/mol. The lowest BCUT2D eigenvalue weighted by atomic mass is 9.76. The summed E-state index contributed by atoms with van der Waals surface area (Å²) in [4.78, 5) is 19.0. The van der Waals surface area contributed by atoms with Gasteiger partial charge in [-0.05, 0) is 50.3 Å². The summed E-state index contributed by atoms with van der Waals surface area (Å²) in [6.07, 6.45) is 2.87. The third-order valence-electron chi connectivity index (χ3n) is 5.22. The van der Waals surface area contributed by atoms with Crippen molar-refractivity contribution in [2.45, 2.75) is 45.1 Å². The van der Waals surface area contributed by atoms with Crippen molar-refractivity contribution >= 4 is 16.8 Å². The lowest BCUT2D eigenvalue weighted by molar-refractivity contribution is -0.135. The van der Waals surface area contributed by atoms with Crippen LogP contribution < -0.4 is 0 Å². The van der Waals surface area contributed by atoms with Crippen LogP contribution in [0, 0.1) is 25.2 Å². The number of para-hydroxylation sites is 1. The Labute approximate surface area is 136 Å². The Kier molecular flexibility index (Phi) is 3.81. The minimum Gasteiger partial charge on any atom is -0.327 e. The van der Waals surface area contributed by atoms with Gasteiger partial charge in [0.1, 0.15) is 5.54 Å². The summed E-state index contributed by atoms with van der Waals surface area (Å²) in [5.41, 5.74) is 3.34. The van der Waals surface area contributed by atoms with Crippen molar-refractivity contribution in [3.05, 3.63) is 41.1 Å². The normalized spacial score (nSPS) is 15.7. The van der Waals surface area contributed by atoms with Crippen molar-refractivity contribution in [1.82, 2.24) is 9.88 Å². The number of nitrogens with zero attached hydrogens (tertiary/aromatic N) is 3. The summed E-state index contributed by atoms with van der Waals surface area (Å²) in [5, 5.41) is 10.5. The SMILES string of the molecule is Cc1nc2ccccc2c(C)c1CC(=O)N(C)C1(C#N)CCC1. The number of hydrogen-bond donors (Lipinski definition) is 0. The van der Waals surface area contributed by atoms with Gasteiger partial charge in [-0.2, -0.15) is 5.26 Å². The van der Waals surface area contributed by atoms with E-state index in [4.69, 9.17) is 0 Å². The third-order valence-corrected chi connectivity index (χ3v) is 5.22. The van der Waals surface area contributed by atoms with Gasteiger partial charge in [-0.1, -0.05) is 18.2 Å². The minimum absolute atomic E-state index is 0.00506. The molecule has 0 unspecified atom stereocenters. The van der Waals surface area contributed by atoms with E-state index in [9.17, 15) is 10.1 Å². The molecule has 0 saturated heterocycles. The second-order valence-corrected chi connectivity index (χ2v) is 6.44. The number of nitriles is 1. The molecule has 1 saturated carbocycles. The van der Waals surface area contributed by atoms with E-state index in [1.165, 1.54) is 0 Å². The first-order valence-electron chi connectivity index (χ1n) is 8.01. The molecule has 3 rings (SSSR count). The zero-order chi connectivity index (χ0) is 16.6. The van der Waals surface area contributed by atoms with Crippen LogP contribution in [0.15, 0.2) is 24.3 Å². The number of fused-ring (bicyclic) bond motifs is 1. The van der Waals surface area contributed by atoms with Gasteiger partial charge in [0.2, 0.25) is 5.91 Å². The molecular weight excluding hydrogens is 286 g/mol. The quantitative estimate of drug-likeness (QED) is 0.874. The zero-order valence-corrected chi connectivity index (χ0v) is 13.9. The number of rotatable bonds is 3. The van der Waals surface area contributed by atoms with Gasteiger partial charge in [0.25, 0.3) is 0 Å². The summed E-state index contributed by atoms with van der Waals surface area (Å²) in [5.74, 6) is -0.00506. The minimum atomic E-state index is -0.594. The van der Waals surface area contributed by atoms with Gasteiger partial charge in [0.05, 0.1) is 18.0 Å². The van der Waals surface area contributed by atoms with E-state index in [-0.39, 0.29) is 5.91 Å². The highest BCUT2D eigenvalue weighted by Gasteiger charge is 2.43. The van der Waals surface area contributed by atoms with E-state index in [0.29, 0.717) is 6.42 Å². The summed E-state index contributed by atoms with van der Waals surface area (Å²) in [6.45, 7) is 3.99. The van der Waals surface area contributed by atoms with Gasteiger partial charge in [-0.3, -0.25) is 9.78 Å². The van der Waals surface area contributed by atoms with Crippen LogP contribution in [0.2, 0.25) is 0 Å². The third kappa shape index (κ3) is 2.46. The molecule has 4 nitrogen and oxygen atoms in total. The number of aryl methyl sites for hydroxylation is 2. The van der Waals surface area contributed by atoms with Gasteiger partial charge >= 0.3 is 0 Å². The fourth-order valence-corrected chi connectivity index (χ4v) is 3.37. The molecule has 2 aromatic rings. The number of amides is 1. The Balaban J connectivity index is 1.92. The first-order chi connectivity index (χ1) is 11.0. The average molecular weight is 307 g/mol. The van der Waals surface area contributed by atoms with Crippen LogP contribution in [0.4, 0.5) is 0 Å². The monoisotopic (exact) mass is 307 g/mol. The standard InChI is InChI=1S/C19H21N3O/c1-13-15-7-4-5-8-17(15)21-14(2)16(13)11-18(23)22(3)19(12-20)9-6-10-19/h4-5,7-8H,6,9-11H2,1-3H3. The van der Waals surface area contributed by atoms with Crippen LogP contribution in [0.3, 0.4) is 0 Å². The van der Waals surface area contributed by atoms with E-state index >= 15 is 0 Å². The molecule has 4 heteroatoms. The maximum absolute atomic E-state index is 12.7. The molecule has 1 heterocycles. The summed E-state index contributed by atoms with van der Waals surface area (Å²) < 4.78 is 0. The van der Waals surface area contributed by atoms with Crippen LogP contribution in [0.1, 0.15) is 36.1 Å². The predicted octanol–water partition coefficient (Wildman–Crippen LogP) is 3.30.